The summed E-state index contributed by atoms with van der Waals surface area (Å²) in [6, 6.07) is 4.30. The molecule has 1 aliphatic heterocycles. The minimum Gasteiger partial charge on any atom is -0.461 e. The second kappa shape index (κ2) is 12.1. The first-order valence-corrected chi connectivity index (χ1v) is 13.5. The first kappa shape index (κ1) is 26.5. The number of nitrogens with one attached hydrogen (secondary N) is 2. The van der Waals surface area contributed by atoms with Gasteiger partial charge in [-0.05, 0) is 50.2 Å². The van der Waals surface area contributed by atoms with Gasteiger partial charge in [-0.3, -0.25) is 0 Å². The summed E-state index contributed by atoms with van der Waals surface area (Å²) in [4.78, 5) is 28.8. The Morgan fingerprint density at radius 3 is 2.46 bits per heavy atom. The molecule has 9 heteroatoms. The van der Waals surface area contributed by atoms with E-state index in [1.807, 2.05) is 13.8 Å². The summed E-state index contributed by atoms with van der Waals surface area (Å²) in [5, 5.41) is 21.7. The standard InChI is InChI=1S/C28H37N7O2/c1-4-37-27(36)23-14-22(20-16-31-28(32-17-20)35-12-10-19(15-29)11-13-35)24(25(30)18(2)3)26(34-23)33-21-8-6-5-7-9-21/h14,16-19,21,30H,4-13H2,1-3H3,(H,33,34). The van der Waals surface area contributed by atoms with Crippen LogP contribution in [0.5, 0.6) is 0 Å². The zero-order valence-electron chi connectivity index (χ0n) is 22.1. The smallest absolute Gasteiger partial charge is 0.357 e. The average molecular weight is 504 g/mol. The molecule has 3 heterocycles. The molecule has 2 fully saturated rings. The van der Waals surface area contributed by atoms with Crippen molar-refractivity contribution in [3.05, 3.63) is 29.7 Å². The zero-order chi connectivity index (χ0) is 26.4. The number of ether oxygens (including phenoxy) is 1. The van der Waals surface area contributed by atoms with Crippen molar-refractivity contribution in [2.24, 2.45) is 11.8 Å². The molecule has 0 aromatic carbocycles. The molecule has 0 atom stereocenters. The topological polar surface area (TPSA) is 128 Å². The van der Waals surface area contributed by atoms with Crippen LogP contribution < -0.4 is 10.2 Å². The molecule has 2 aromatic rings. The van der Waals surface area contributed by atoms with Gasteiger partial charge < -0.3 is 20.4 Å². The number of hydrogen-bond acceptors (Lipinski definition) is 9. The van der Waals surface area contributed by atoms with Gasteiger partial charge in [0.05, 0.1) is 12.7 Å². The fourth-order valence-electron chi connectivity index (χ4n) is 5.02. The Bertz CT molecular complexity index is 1140. The van der Waals surface area contributed by atoms with E-state index >= 15 is 0 Å². The molecule has 2 N–H and O–H groups in total. The van der Waals surface area contributed by atoms with Crippen LogP contribution in [0.3, 0.4) is 0 Å². The SMILES string of the molecule is CCOC(=O)c1cc(-c2cnc(N3CCC(C#N)CC3)nc2)c(C(=N)C(C)C)c(NC2CCCCC2)n1. The normalized spacial score (nSPS) is 16.9. The number of hydrogen-bond donors (Lipinski definition) is 2. The van der Waals surface area contributed by atoms with E-state index in [0.717, 1.165) is 57.2 Å². The predicted molar refractivity (Wildman–Crippen MR) is 144 cm³/mol. The van der Waals surface area contributed by atoms with Gasteiger partial charge in [0.1, 0.15) is 5.82 Å². The summed E-state index contributed by atoms with van der Waals surface area (Å²) in [7, 11) is 0. The quantitative estimate of drug-likeness (QED) is 0.370. The van der Waals surface area contributed by atoms with Crippen molar-refractivity contribution in [2.45, 2.75) is 71.8 Å². The Labute approximate surface area is 219 Å². The third kappa shape index (κ3) is 6.24. The first-order valence-electron chi connectivity index (χ1n) is 13.5. The minimum atomic E-state index is -0.490. The van der Waals surface area contributed by atoms with Crippen LogP contribution in [0.15, 0.2) is 18.5 Å². The van der Waals surface area contributed by atoms with E-state index in [2.05, 4.69) is 31.2 Å². The largest absolute Gasteiger partial charge is 0.461 e. The molecule has 2 aliphatic rings. The highest BCUT2D eigenvalue weighted by Crippen LogP contribution is 2.33. The highest BCUT2D eigenvalue weighted by Gasteiger charge is 2.26. The number of carbonyl (C=O) groups excluding carboxylic acids is 1. The van der Waals surface area contributed by atoms with E-state index in [1.165, 1.54) is 6.42 Å². The highest BCUT2D eigenvalue weighted by atomic mass is 16.5. The number of aromatic nitrogens is 3. The summed E-state index contributed by atoms with van der Waals surface area (Å²) in [6.07, 6.45) is 10.7. The van der Waals surface area contributed by atoms with Crippen molar-refractivity contribution in [1.29, 1.82) is 10.7 Å². The lowest BCUT2D eigenvalue weighted by atomic mass is 9.91. The van der Waals surface area contributed by atoms with Crippen molar-refractivity contribution >= 4 is 23.4 Å². The lowest BCUT2D eigenvalue weighted by Crippen LogP contribution is -2.34. The third-order valence-corrected chi connectivity index (χ3v) is 7.21. The molecule has 0 spiro atoms. The molecule has 196 valence electrons. The Balaban J connectivity index is 1.75. The van der Waals surface area contributed by atoms with E-state index in [1.54, 1.807) is 25.4 Å². The average Bonchev–Trinajstić information content (AvgIpc) is 2.93. The number of anilines is 2. The number of pyridine rings is 1. The maximum atomic E-state index is 12.8. The molecule has 2 aromatic heterocycles. The molecule has 0 radical (unpaired) electrons. The molecule has 1 saturated heterocycles. The Morgan fingerprint density at radius 2 is 1.86 bits per heavy atom. The van der Waals surface area contributed by atoms with Gasteiger partial charge in [0.15, 0.2) is 5.69 Å². The molecule has 0 unspecified atom stereocenters. The first-order chi connectivity index (χ1) is 17.9. The van der Waals surface area contributed by atoms with E-state index in [4.69, 9.17) is 10.1 Å². The van der Waals surface area contributed by atoms with Crippen LogP contribution in [0.25, 0.3) is 11.1 Å². The van der Waals surface area contributed by atoms with Crippen molar-refractivity contribution < 1.29 is 9.53 Å². The lowest BCUT2D eigenvalue weighted by molar-refractivity contribution is 0.0519. The lowest BCUT2D eigenvalue weighted by Gasteiger charge is -2.29. The van der Waals surface area contributed by atoms with Crippen LogP contribution in [0.2, 0.25) is 0 Å². The van der Waals surface area contributed by atoms with Crippen molar-refractivity contribution in [3.63, 3.8) is 0 Å². The van der Waals surface area contributed by atoms with Gasteiger partial charge in [-0.25, -0.2) is 19.7 Å². The molecule has 0 amide bonds. The monoisotopic (exact) mass is 503 g/mol. The Hall–Kier alpha value is -3.54. The van der Waals surface area contributed by atoms with Crippen LogP contribution in [0.1, 0.15) is 81.8 Å². The number of carbonyl (C=O) groups is 1. The molecule has 9 nitrogen and oxygen atoms in total. The van der Waals surface area contributed by atoms with Crippen LogP contribution in [-0.4, -0.2) is 52.4 Å². The van der Waals surface area contributed by atoms with Crippen molar-refractivity contribution in [1.82, 2.24) is 15.0 Å². The summed E-state index contributed by atoms with van der Waals surface area (Å²) in [5.74, 6) is 0.737. The Kier molecular flexibility index (Phi) is 8.70. The number of esters is 1. The summed E-state index contributed by atoms with van der Waals surface area (Å²) in [5.41, 5.74) is 2.75. The van der Waals surface area contributed by atoms with Gasteiger partial charge in [0, 0.05) is 54.3 Å². The van der Waals surface area contributed by atoms with Crippen LogP contribution in [0, 0.1) is 28.6 Å². The maximum Gasteiger partial charge on any atom is 0.357 e. The molecule has 0 bridgehead atoms. The minimum absolute atomic E-state index is 0.0393. The predicted octanol–water partition coefficient (Wildman–Crippen LogP) is 5.22. The number of rotatable bonds is 8. The van der Waals surface area contributed by atoms with Crippen molar-refractivity contribution in [3.8, 4) is 17.2 Å². The van der Waals surface area contributed by atoms with Crippen LogP contribution in [-0.2, 0) is 4.74 Å². The molecular weight excluding hydrogens is 466 g/mol. The molecular formula is C28H37N7O2. The van der Waals surface area contributed by atoms with Gasteiger partial charge in [0.25, 0.3) is 0 Å². The number of piperidine rings is 1. The fourth-order valence-corrected chi connectivity index (χ4v) is 5.02. The van der Waals surface area contributed by atoms with E-state index in [-0.39, 0.29) is 30.2 Å². The van der Waals surface area contributed by atoms with Gasteiger partial charge in [-0.1, -0.05) is 33.1 Å². The Morgan fingerprint density at radius 1 is 1.19 bits per heavy atom. The van der Waals surface area contributed by atoms with Crippen molar-refractivity contribution in [2.75, 3.05) is 29.9 Å². The molecule has 4 rings (SSSR count). The number of nitriles is 1. The fraction of sp³-hybridized carbons (Fsp3) is 0.571. The molecule has 1 saturated carbocycles. The number of nitrogens with zero attached hydrogens (tertiary/aromatic N) is 5. The second-order valence-electron chi connectivity index (χ2n) is 10.2. The van der Waals surface area contributed by atoms with E-state index < -0.39 is 5.97 Å². The van der Waals surface area contributed by atoms with Crippen LogP contribution >= 0.6 is 0 Å². The van der Waals surface area contributed by atoms with Gasteiger partial charge in [0.2, 0.25) is 5.95 Å². The summed E-state index contributed by atoms with van der Waals surface area (Å²) in [6.45, 7) is 7.50. The maximum absolute atomic E-state index is 12.8. The molecule has 37 heavy (non-hydrogen) atoms. The summed E-state index contributed by atoms with van der Waals surface area (Å²) >= 11 is 0. The zero-order valence-corrected chi connectivity index (χ0v) is 22.1. The third-order valence-electron chi connectivity index (χ3n) is 7.21. The van der Waals surface area contributed by atoms with Gasteiger partial charge in [-0.15, -0.1) is 0 Å². The van der Waals surface area contributed by atoms with Gasteiger partial charge >= 0.3 is 5.97 Å². The molecule has 1 aliphatic carbocycles. The summed E-state index contributed by atoms with van der Waals surface area (Å²) < 4.78 is 5.28. The van der Waals surface area contributed by atoms with Crippen LogP contribution in [0.4, 0.5) is 11.8 Å². The van der Waals surface area contributed by atoms with E-state index in [0.29, 0.717) is 28.6 Å². The second-order valence-corrected chi connectivity index (χ2v) is 10.2. The highest BCUT2D eigenvalue weighted by molar-refractivity contribution is 6.10. The van der Waals surface area contributed by atoms with Gasteiger partial charge in [-0.2, -0.15) is 5.26 Å². The van der Waals surface area contributed by atoms with E-state index in [9.17, 15) is 10.1 Å².